The van der Waals surface area contributed by atoms with Crippen molar-refractivity contribution in [1.29, 1.82) is 0 Å². The van der Waals surface area contributed by atoms with E-state index in [1.165, 1.54) is 22.5 Å². The lowest BCUT2D eigenvalue weighted by Gasteiger charge is -2.13. The first-order chi connectivity index (χ1) is 15.3. The highest BCUT2D eigenvalue weighted by Crippen LogP contribution is 2.21. The fraction of sp³-hybridized carbons (Fsp3) is 0.435. The average molecular weight is 434 g/mol. The van der Waals surface area contributed by atoms with Crippen molar-refractivity contribution in [3.8, 4) is 0 Å². The van der Waals surface area contributed by atoms with Crippen molar-refractivity contribution in [2.45, 2.75) is 40.5 Å². The van der Waals surface area contributed by atoms with Gasteiger partial charge in [-0.05, 0) is 63.8 Å². The molecule has 0 saturated heterocycles. The topological polar surface area (TPSA) is 98.4 Å². The van der Waals surface area contributed by atoms with E-state index in [9.17, 15) is 0 Å². The Bertz CT molecular complexity index is 1160. The first kappa shape index (κ1) is 21.7. The highest BCUT2D eigenvalue weighted by molar-refractivity contribution is 5.76. The van der Waals surface area contributed by atoms with Crippen molar-refractivity contribution in [3.63, 3.8) is 0 Å². The number of hydrogen-bond acceptors (Lipinski definition) is 7. The van der Waals surface area contributed by atoms with Gasteiger partial charge in [-0.15, -0.1) is 0 Å². The van der Waals surface area contributed by atoms with Gasteiger partial charge in [-0.2, -0.15) is 10.2 Å². The molecule has 9 heteroatoms. The number of anilines is 2. The van der Waals surface area contributed by atoms with E-state index in [0.717, 1.165) is 54.5 Å². The zero-order chi connectivity index (χ0) is 22.8. The van der Waals surface area contributed by atoms with E-state index >= 15 is 0 Å². The molecule has 0 aromatic carbocycles. The number of aryl methyl sites for hydroxylation is 4. The quantitative estimate of drug-likeness (QED) is 0.441. The number of nitrogens with one attached hydrogen (secondary N) is 2. The molecule has 2 N–H and O–H groups in total. The van der Waals surface area contributed by atoms with Crippen LogP contribution in [0.25, 0.3) is 11.2 Å². The van der Waals surface area contributed by atoms with Gasteiger partial charge in [0.25, 0.3) is 0 Å². The summed E-state index contributed by atoms with van der Waals surface area (Å²) in [6.45, 7) is 9.78. The van der Waals surface area contributed by atoms with Gasteiger partial charge in [0.05, 0.1) is 11.4 Å². The van der Waals surface area contributed by atoms with Crippen molar-refractivity contribution >= 4 is 22.8 Å². The van der Waals surface area contributed by atoms with E-state index in [1.54, 1.807) is 6.20 Å². The Balaban J connectivity index is 1.50. The van der Waals surface area contributed by atoms with Gasteiger partial charge < -0.3 is 10.6 Å². The summed E-state index contributed by atoms with van der Waals surface area (Å²) in [5, 5.41) is 16.0. The summed E-state index contributed by atoms with van der Waals surface area (Å²) in [6.07, 6.45) is 3.47. The molecule has 0 aliphatic rings. The molecule has 0 aliphatic heterocycles. The van der Waals surface area contributed by atoms with E-state index in [2.05, 4.69) is 53.5 Å². The molecule has 168 valence electrons. The van der Waals surface area contributed by atoms with Gasteiger partial charge in [-0.3, -0.25) is 9.36 Å². The molecular weight excluding hydrogens is 402 g/mol. The maximum atomic E-state index is 4.79. The molecule has 0 bridgehead atoms. The molecule has 4 aromatic heterocycles. The summed E-state index contributed by atoms with van der Waals surface area (Å²) in [7, 11) is 3.96. The third kappa shape index (κ3) is 4.28. The van der Waals surface area contributed by atoms with Crippen LogP contribution in [0.4, 0.5) is 11.6 Å². The van der Waals surface area contributed by atoms with Gasteiger partial charge in [-0.1, -0.05) is 0 Å². The number of pyridine rings is 1. The van der Waals surface area contributed by atoms with Gasteiger partial charge in [0, 0.05) is 44.8 Å². The van der Waals surface area contributed by atoms with E-state index in [0.29, 0.717) is 5.65 Å². The van der Waals surface area contributed by atoms with Crippen molar-refractivity contribution in [2.24, 2.45) is 14.1 Å². The van der Waals surface area contributed by atoms with Crippen LogP contribution in [-0.2, 0) is 26.9 Å². The molecule has 32 heavy (non-hydrogen) atoms. The summed E-state index contributed by atoms with van der Waals surface area (Å²) < 4.78 is 3.86. The van der Waals surface area contributed by atoms with Crippen LogP contribution >= 0.6 is 0 Å². The third-order valence-electron chi connectivity index (χ3n) is 6.09. The van der Waals surface area contributed by atoms with Crippen LogP contribution in [0.15, 0.2) is 18.3 Å². The van der Waals surface area contributed by atoms with E-state index < -0.39 is 0 Å². The number of fused-ring (bicyclic) bond motifs is 1. The second-order valence-electron chi connectivity index (χ2n) is 8.17. The predicted molar refractivity (Wildman–Crippen MR) is 127 cm³/mol. The second-order valence-corrected chi connectivity index (χ2v) is 8.17. The highest BCUT2D eigenvalue weighted by atomic mass is 15.3. The molecule has 4 heterocycles. The molecule has 9 nitrogen and oxygen atoms in total. The van der Waals surface area contributed by atoms with Gasteiger partial charge in [0.1, 0.15) is 5.52 Å². The van der Waals surface area contributed by atoms with Gasteiger partial charge in [0.2, 0.25) is 0 Å². The van der Waals surface area contributed by atoms with Crippen molar-refractivity contribution in [2.75, 3.05) is 23.7 Å². The zero-order valence-corrected chi connectivity index (χ0v) is 19.7. The molecule has 0 fully saturated rings. The predicted octanol–water partition coefficient (Wildman–Crippen LogP) is 3.03. The van der Waals surface area contributed by atoms with Crippen LogP contribution in [0.2, 0.25) is 0 Å². The molecule has 0 radical (unpaired) electrons. The largest absolute Gasteiger partial charge is 0.367 e. The van der Waals surface area contributed by atoms with Crippen molar-refractivity contribution < 1.29 is 0 Å². The zero-order valence-electron chi connectivity index (χ0n) is 19.7. The Kier molecular flexibility index (Phi) is 6.07. The first-order valence-electron chi connectivity index (χ1n) is 10.9. The normalized spacial score (nSPS) is 11.3. The van der Waals surface area contributed by atoms with E-state index in [4.69, 9.17) is 9.97 Å². The molecule has 0 saturated carbocycles. The van der Waals surface area contributed by atoms with Crippen LogP contribution < -0.4 is 10.6 Å². The molecule has 4 aromatic rings. The molecule has 0 aliphatic carbocycles. The Morgan fingerprint density at radius 2 is 1.31 bits per heavy atom. The van der Waals surface area contributed by atoms with E-state index in [1.807, 2.05) is 35.6 Å². The maximum Gasteiger partial charge on any atom is 0.180 e. The molecule has 0 spiro atoms. The lowest BCUT2D eigenvalue weighted by molar-refractivity contribution is 0.730. The Hall–Kier alpha value is -3.49. The number of hydrogen-bond donors (Lipinski definition) is 2. The van der Waals surface area contributed by atoms with Crippen LogP contribution in [0.5, 0.6) is 0 Å². The summed E-state index contributed by atoms with van der Waals surface area (Å²) in [6, 6.07) is 3.81. The van der Waals surface area contributed by atoms with Gasteiger partial charge in [-0.25, -0.2) is 15.0 Å². The standard InChI is InChI=1S/C23H31N9/c1-14-18(16(3)31(5)29-14)9-12-25-22-23(28-21-20(27-22)8-7-11-24-21)26-13-10-19-15(2)30-32(6)17(19)4/h7-8,11H,9-10,12-13H2,1-6H3,(H,25,27)(H,24,26,28). The Morgan fingerprint density at radius 3 is 1.81 bits per heavy atom. The number of nitrogens with zero attached hydrogens (tertiary/aromatic N) is 7. The molecular formula is C23H31N9. The SMILES string of the molecule is Cc1nn(C)c(C)c1CCNc1nc2cccnc2nc1NCCc1c(C)nn(C)c1C. The minimum Gasteiger partial charge on any atom is -0.367 e. The first-order valence-corrected chi connectivity index (χ1v) is 10.9. The molecule has 0 unspecified atom stereocenters. The Labute approximate surface area is 188 Å². The number of rotatable bonds is 8. The monoisotopic (exact) mass is 433 g/mol. The van der Waals surface area contributed by atoms with E-state index in [-0.39, 0.29) is 0 Å². The minimum atomic E-state index is 0.633. The fourth-order valence-corrected chi connectivity index (χ4v) is 4.11. The summed E-state index contributed by atoms with van der Waals surface area (Å²) >= 11 is 0. The lowest BCUT2D eigenvalue weighted by atomic mass is 10.1. The summed E-state index contributed by atoms with van der Waals surface area (Å²) in [4.78, 5) is 13.9. The van der Waals surface area contributed by atoms with Crippen LogP contribution in [0.3, 0.4) is 0 Å². The van der Waals surface area contributed by atoms with Gasteiger partial charge >= 0.3 is 0 Å². The van der Waals surface area contributed by atoms with Crippen LogP contribution in [0, 0.1) is 27.7 Å². The third-order valence-corrected chi connectivity index (χ3v) is 6.09. The molecule has 4 rings (SSSR count). The van der Waals surface area contributed by atoms with Crippen LogP contribution in [-0.4, -0.2) is 47.6 Å². The highest BCUT2D eigenvalue weighted by Gasteiger charge is 2.13. The lowest BCUT2D eigenvalue weighted by Crippen LogP contribution is -2.14. The van der Waals surface area contributed by atoms with Gasteiger partial charge in [0.15, 0.2) is 17.3 Å². The van der Waals surface area contributed by atoms with Crippen LogP contribution in [0.1, 0.15) is 33.9 Å². The Morgan fingerprint density at radius 1 is 0.781 bits per heavy atom. The molecule has 0 amide bonds. The smallest absolute Gasteiger partial charge is 0.180 e. The van der Waals surface area contributed by atoms with Crippen molar-refractivity contribution in [3.05, 3.63) is 52.2 Å². The minimum absolute atomic E-state index is 0.633. The van der Waals surface area contributed by atoms with Crippen molar-refractivity contribution in [1.82, 2.24) is 34.5 Å². The average Bonchev–Trinajstić information content (AvgIpc) is 3.16. The number of aromatic nitrogens is 7. The fourth-order valence-electron chi connectivity index (χ4n) is 4.11. The second kappa shape index (κ2) is 8.94. The summed E-state index contributed by atoms with van der Waals surface area (Å²) in [5.41, 5.74) is 8.47. The summed E-state index contributed by atoms with van der Waals surface area (Å²) in [5.74, 6) is 1.46. The maximum absolute atomic E-state index is 4.79. The molecule has 0 atom stereocenters.